The van der Waals surface area contributed by atoms with E-state index in [9.17, 15) is 0 Å². The standard InChI is InChI=1S/C8H18ClN/c1-5-10(6-2)7-8(3,4)9/h5-7H2,1-4H3. The normalized spacial score (nSPS) is 12.6. The molecule has 0 N–H and O–H groups in total. The van der Waals surface area contributed by atoms with E-state index >= 15 is 0 Å². The summed E-state index contributed by atoms with van der Waals surface area (Å²) >= 11 is 6.04. The van der Waals surface area contributed by atoms with Gasteiger partial charge >= 0.3 is 0 Å². The Morgan fingerprint density at radius 3 is 1.70 bits per heavy atom. The van der Waals surface area contributed by atoms with Crippen molar-refractivity contribution in [2.45, 2.75) is 32.6 Å². The summed E-state index contributed by atoms with van der Waals surface area (Å²) < 4.78 is 0. The summed E-state index contributed by atoms with van der Waals surface area (Å²) in [7, 11) is 0. The van der Waals surface area contributed by atoms with E-state index in [-0.39, 0.29) is 4.87 Å². The first-order chi connectivity index (χ1) is 4.49. The number of hydrogen-bond donors (Lipinski definition) is 0. The average molecular weight is 164 g/mol. The molecule has 0 aromatic heterocycles. The van der Waals surface area contributed by atoms with E-state index in [1.54, 1.807) is 0 Å². The van der Waals surface area contributed by atoms with Crippen LogP contribution in [-0.4, -0.2) is 29.4 Å². The molecule has 10 heavy (non-hydrogen) atoms. The van der Waals surface area contributed by atoms with Crippen molar-refractivity contribution in [1.82, 2.24) is 4.90 Å². The summed E-state index contributed by atoms with van der Waals surface area (Å²) in [5, 5.41) is 0. The van der Waals surface area contributed by atoms with Crippen molar-refractivity contribution in [3.63, 3.8) is 0 Å². The van der Waals surface area contributed by atoms with E-state index in [2.05, 4.69) is 18.7 Å². The lowest BCUT2D eigenvalue weighted by atomic mass is 10.2. The van der Waals surface area contributed by atoms with Crippen LogP contribution in [0.15, 0.2) is 0 Å². The van der Waals surface area contributed by atoms with Crippen LogP contribution >= 0.6 is 11.6 Å². The third-order valence-corrected chi connectivity index (χ3v) is 1.61. The van der Waals surface area contributed by atoms with E-state index in [1.807, 2.05) is 13.8 Å². The highest BCUT2D eigenvalue weighted by Gasteiger charge is 2.15. The predicted molar refractivity (Wildman–Crippen MR) is 47.7 cm³/mol. The van der Waals surface area contributed by atoms with Crippen LogP contribution < -0.4 is 0 Å². The molecule has 0 bridgehead atoms. The molecule has 0 aromatic carbocycles. The van der Waals surface area contributed by atoms with Gasteiger partial charge in [-0.1, -0.05) is 13.8 Å². The van der Waals surface area contributed by atoms with E-state index in [0.717, 1.165) is 19.6 Å². The number of alkyl halides is 1. The highest BCUT2D eigenvalue weighted by Crippen LogP contribution is 2.13. The smallest absolute Gasteiger partial charge is 0.0517 e. The Labute approximate surface area is 69.4 Å². The predicted octanol–water partition coefficient (Wildman–Crippen LogP) is 2.35. The fourth-order valence-electron chi connectivity index (χ4n) is 0.979. The van der Waals surface area contributed by atoms with Gasteiger partial charge in [0.25, 0.3) is 0 Å². The van der Waals surface area contributed by atoms with Gasteiger partial charge in [-0.25, -0.2) is 0 Å². The van der Waals surface area contributed by atoms with Crippen molar-refractivity contribution in [2.75, 3.05) is 19.6 Å². The third-order valence-electron chi connectivity index (χ3n) is 1.49. The van der Waals surface area contributed by atoms with E-state index in [0.29, 0.717) is 0 Å². The Morgan fingerprint density at radius 1 is 1.20 bits per heavy atom. The highest BCUT2D eigenvalue weighted by atomic mass is 35.5. The fraction of sp³-hybridized carbons (Fsp3) is 1.00. The minimum absolute atomic E-state index is 0.0774. The lowest BCUT2D eigenvalue weighted by molar-refractivity contribution is 0.280. The molecule has 0 saturated heterocycles. The van der Waals surface area contributed by atoms with Crippen molar-refractivity contribution in [3.05, 3.63) is 0 Å². The molecule has 0 unspecified atom stereocenters. The zero-order valence-corrected chi connectivity index (χ0v) is 8.20. The van der Waals surface area contributed by atoms with Gasteiger partial charge in [-0.3, -0.25) is 0 Å². The van der Waals surface area contributed by atoms with Crippen LogP contribution in [0.25, 0.3) is 0 Å². The SMILES string of the molecule is CCN(CC)CC(C)(C)Cl. The Bertz CT molecular complexity index is 81.7. The van der Waals surface area contributed by atoms with Gasteiger partial charge in [-0.05, 0) is 26.9 Å². The van der Waals surface area contributed by atoms with Crippen LogP contribution in [0.3, 0.4) is 0 Å². The van der Waals surface area contributed by atoms with Gasteiger partial charge < -0.3 is 4.90 Å². The summed E-state index contributed by atoms with van der Waals surface area (Å²) in [5.74, 6) is 0. The Balaban J connectivity index is 3.63. The summed E-state index contributed by atoms with van der Waals surface area (Å²) in [4.78, 5) is 2.25. The van der Waals surface area contributed by atoms with Gasteiger partial charge in [0.05, 0.1) is 4.87 Å². The second-order valence-electron chi connectivity index (χ2n) is 3.18. The topological polar surface area (TPSA) is 3.24 Å². The van der Waals surface area contributed by atoms with Gasteiger partial charge in [-0.15, -0.1) is 11.6 Å². The molecule has 0 aliphatic heterocycles. The lowest BCUT2D eigenvalue weighted by Gasteiger charge is -2.25. The Kier molecular flexibility index (Phi) is 4.30. The van der Waals surface area contributed by atoms with Crippen molar-refractivity contribution >= 4 is 11.6 Å². The molecule has 0 saturated carbocycles. The largest absolute Gasteiger partial charge is 0.302 e. The summed E-state index contributed by atoms with van der Waals surface area (Å²) in [5.41, 5.74) is 0. The van der Waals surface area contributed by atoms with Crippen LogP contribution in [0.5, 0.6) is 0 Å². The number of hydrogen-bond acceptors (Lipinski definition) is 1. The summed E-state index contributed by atoms with van der Waals surface area (Å²) in [6, 6.07) is 0. The minimum Gasteiger partial charge on any atom is -0.302 e. The van der Waals surface area contributed by atoms with Crippen LogP contribution in [-0.2, 0) is 0 Å². The van der Waals surface area contributed by atoms with Gasteiger partial charge in [-0.2, -0.15) is 0 Å². The van der Waals surface area contributed by atoms with E-state index < -0.39 is 0 Å². The molecule has 1 nitrogen and oxygen atoms in total. The highest BCUT2D eigenvalue weighted by molar-refractivity contribution is 6.23. The maximum atomic E-state index is 6.04. The minimum atomic E-state index is -0.0774. The first-order valence-electron chi connectivity index (χ1n) is 3.91. The summed E-state index contributed by atoms with van der Waals surface area (Å²) in [6.07, 6.45) is 0. The number of halogens is 1. The molecule has 0 aliphatic carbocycles. The maximum Gasteiger partial charge on any atom is 0.0517 e. The second-order valence-corrected chi connectivity index (χ2v) is 4.20. The molecule has 0 atom stereocenters. The van der Waals surface area contributed by atoms with Crippen molar-refractivity contribution < 1.29 is 0 Å². The molecule has 0 heterocycles. The van der Waals surface area contributed by atoms with E-state index in [4.69, 9.17) is 11.6 Å². The van der Waals surface area contributed by atoms with Crippen LogP contribution in [0.4, 0.5) is 0 Å². The molecule has 2 heteroatoms. The zero-order valence-electron chi connectivity index (χ0n) is 7.45. The molecule has 62 valence electrons. The molecular formula is C8H18ClN. The Hall–Kier alpha value is 0.250. The molecular weight excluding hydrogens is 146 g/mol. The fourth-order valence-corrected chi connectivity index (χ4v) is 1.15. The monoisotopic (exact) mass is 163 g/mol. The number of rotatable bonds is 4. The molecule has 0 radical (unpaired) electrons. The van der Waals surface area contributed by atoms with Crippen LogP contribution in [0.2, 0.25) is 0 Å². The molecule has 0 rings (SSSR count). The number of nitrogens with zero attached hydrogens (tertiary/aromatic N) is 1. The van der Waals surface area contributed by atoms with Gasteiger partial charge in [0.15, 0.2) is 0 Å². The molecule has 0 aliphatic rings. The molecule has 0 fully saturated rings. The first-order valence-corrected chi connectivity index (χ1v) is 4.28. The van der Waals surface area contributed by atoms with Gasteiger partial charge in [0.1, 0.15) is 0 Å². The van der Waals surface area contributed by atoms with Crippen molar-refractivity contribution in [3.8, 4) is 0 Å². The molecule has 0 aromatic rings. The molecule has 0 amide bonds. The molecule has 0 spiro atoms. The maximum absolute atomic E-state index is 6.04. The lowest BCUT2D eigenvalue weighted by Crippen LogP contribution is -2.34. The third kappa shape index (κ3) is 5.07. The quantitative estimate of drug-likeness (QED) is 0.576. The van der Waals surface area contributed by atoms with Gasteiger partial charge in [0.2, 0.25) is 0 Å². The van der Waals surface area contributed by atoms with Crippen molar-refractivity contribution in [1.29, 1.82) is 0 Å². The summed E-state index contributed by atoms with van der Waals surface area (Å²) in [6.45, 7) is 11.6. The van der Waals surface area contributed by atoms with Crippen LogP contribution in [0, 0.1) is 0 Å². The van der Waals surface area contributed by atoms with Crippen molar-refractivity contribution in [2.24, 2.45) is 0 Å². The van der Waals surface area contributed by atoms with E-state index in [1.165, 1.54) is 0 Å². The van der Waals surface area contributed by atoms with Gasteiger partial charge in [0, 0.05) is 6.54 Å². The first kappa shape index (κ1) is 10.2. The van der Waals surface area contributed by atoms with Crippen LogP contribution in [0.1, 0.15) is 27.7 Å². The Morgan fingerprint density at radius 2 is 1.60 bits per heavy atom. The zero-order chi connectivity index (χ0) is 8.20. The second kappa shape index (κ2) is 4.20. The average Bonchev–Trinajstić information content (AvgIpc) is 1.81.